The lowest BCUT2D eigenvalue weighted by Crippen LogP contribution is -2.44. The number of likely N-dealkylation sites (N-methyl/N-ethyl adjacent to an activating group) is 1. The van der Waals surface area contributed by atoms with Gasteiger partial charge in [0.25, 0.3) is 0 Å². The van der Waals surface area contributed by atoms with E-state index in [0.717, 1.165) is 38.5 Å². The molecule has 0 saturated heterocycles. The second-order valence-electron chi connectivity index (χ2n) is 10.8. The van der Waals surface area contributed by atoms with E-state index in [1.807, 2.05) is 33.3 Å². The Bertz CT molecular complexity index is 837. The maximum absolute atomic E-state index is 12.6. The number of phenols is 1. The summed E-state index contributed by atoms with van der Waals surface area (Å²) in [4.78, 5) is 10.3. The van der Waals surface area contributed by atoms with Crippen molar-refractivity contribution in [1.29, 1.82) is 0 Å². The Morgan fingerprint density at radius 2 is 1.97 bits per heavy atom. The third kappa shape index (κ3) is 4.35. The quantitative estimate of drug-likeness (QED) is 0.507. The van der Waals surface area contributed by atoms with Gasteiger partial charge in [0.05, 0.1) is 27.2 Å². The van der Waals surface area contributed by atoms with Crippen LogP contribution in [-0.4, -0.2) is 54.9 Å². The highest BCUT2D eigenvalue weighted by atomic mass is 31.2. The van der Waals surface area contributed by atoms with Gasteiger partial charge < -0.3 is 14.5 Å². The molecule has 2 N–H and O–H groups in total. The first-order valence-electron chi connectivity index (χ1n) is 11.3. The number of rotatable bonds is 6. The van der Waals surface area contributed by atoms with Gasteiger partial charge in [-0.1, -0.05) is 13.0 Å². The van der Waals surface area contributed by atoms with Crippen LogP contribution in [0.4, 0.5) is 0 Å². The summed E-state index contributed by atoms with van der Waals surface area (Å²) >= 11 is 0. The maximum Gasteiger partial charge on any atom is 0.472 e. The van der Waals surface area contributed by atoms with Gasteiger partial charge in [-0.15, -0.1) is 0 Å². The number of nitrogens with zero attached hydrogens (tertiary/aromatic N) is 1. The highest BCUT2D eigenvalue weighted by Gasteiger charge is 2.56. The van der Waals surface area contributed by atoms with Gasteiger partial charge >= 0.3 is 7.82 Å². The van der Waals surface area contributed by atoms with Gasteiger partial charge in [-0.25, -0.2) is 4.57 Å². The fourth-order valence-electron chi connectivity index (χ4n) is 6.32. The van der Waals surface area contributed by atoms with E-state index >= 15 is 0 Å². The molecule has 4 rings (SSSR count). The molecule has 7 heteroatoms. The number of hydrogen-bond acceptors (Lipinski definition) is 4. The summed E-state index contributed by atoms with van der Waals surface area (Å²) in [7, 11) is 2.01. The monoisotopic (exact) mass is 438 g/mol. The summed E-state index contributed by atoms with van der Waals surface area (Å²) in [6.07, 6.45) is 5.78. The Morgan fingerprint density at radius 1 is 1.20 bits per heavy atom. The molecule has 2 saturated carbocycles. The summed E-state index contributed by atoms with van der Waals surface area (Å²) in [6.45, 7) is 3.11. The third-order valence-electron chi connectivity index (χ3n) is 7.90. The molecular formula is C23H37NO5P+. The lowest BCUT2D eigenvalue weighted by atomic mass is 9.55. The van der Waals surface area contributed by atoms with Crippen molar-refractivity contribution in [1.82, 2.24) is 0 Å². The number of phosphoric ester groups is 1. The Morgan fingerprint density at radius 3 is 2.70 bits per heavy atom. The molecule has 0 aliphatic heterocycles. The highest BCUT2D eigenvalue weighted by Crippen LogP contribution is 2.64. The Hall–Kier alpha value is -0.910. The van der Waals surface area contributed by atoms with Crippen molar-refractivity contribution in [2.45, 2.75) is 57.5 Å². The molecule has 0 radical (unpaired) electrons. The van der Waals surface area contributed by atoms with Crippen molar-refractivity contribution in [2.24, 2.45) is 17.3 Å². The molecule has 1 aromatic rings. The van der Waals surface area contributed by atoms with Crippen LogP contribution in [0.25, 0.3) is 0 Å². The van der Waals surface area contributed by atoms with Crippen LogP contribution < -0.4 is 0 Å². The number of aryl methyl sites for hydroxylation is 1. The van der Waals surface area contributed by atoms with Crippen molar-refractivity contribution in [3.8, 4) is 5.75 Å². The predicted octanol–water partition coefficient (Wildman–Crippen LogP) is 4.46. The first-order chi connectivity index (χ1) is 14.0. The van der Waals surface area contributed by atoms with Crippen LogP contribution in [0.2, 0.25) is 0 Å². The molecule has 0 spiro atoms. The number of phosphoric acid groups is 1. The number of phenolic OH excluding ortho intramolecular Hbond substituents is 1. The van der Waals surface area contributed by atoms with E-state index in [4.69, 9.17) is 9.05 Å². The third-order valence-corrected chi connectivity index (χ3v) is 8.93. The van der Waals surface area contributed by atoms with Gasteiger partial charge in [0, 0.05) is 0 Å². The number of quaternary nitrogens is 1. The molecule has 0 heterocycles. The summed E-state index contributed by atoms with van der Waals surface area (Å²) < 4.78 is 24.4. The molecular weight excluding hydrogens is 401 g/mol. The summed E-state index contributed by atoms with van der Waals surface area (Å²) in [5.74, 6) is 1.94. The Kier molecular flexibility index (Phi) is 5.87. The minimum absolute atomic E-state index is 0.0859. The minimum Gasteiger partial charge on any atom is -0.508 e. The number of hydrogen-bond donors (Lipinski definition) is 2. The second kappa shape index (κ2) is 7.90. The molecule has 6 nitrogen and oxygen atoms in total. The Balaban J connectivity index is 1.45. The van der Waals surface area contributed by atoms with E-state index in [0.29, 0.717) is 34.5 Å². The van der Waals surface area contributed by atoms with E-state index in [-0.39, 0.29) is 18.1 Å². The van der Waals surface area contributed by atoms with Crippen molar-refractivity contribution >= 4 is 7.82 Å². The average Bonchev–Trinajstić information content (AvgIpc) is 2.96. The lowest BCUT2D eigenvalue weighted by Gasteiger charge is -2.50. The summed E-state index contributed by atoms with van der Waals surface area (Å²) in [5.41, 5.74) is 2.60. The zero-order chi connectivity index (χ0) is 21.7. The van der Waals surface area contributed by atoms with Crippen LogP contribution in [0, 0.1) is 17.3 Å². The van der Waals surface area contributed by atoms with Crippen LogP contribution in [0.15, 0.2) is 18.2 Å². The largest absolute Gasteiger partial charge is 0.508 e. The molecule has 30 heavy (non-hydrogen) atoms. The number of fused-ring (bicyclic) bond motifs is 5. The first kappa shape index (κ1) is 22.3. The van der Waals surface area contributed by atoms with Crippen LogP contribution in [0.1, 0.15) is 56.1 Å². The van der Waals surface area contributed by atoms with Gasteiger partial charge in [-0.05, 0) is 85.0 Å². The van der Waals surface area contributed by atoms with Crippen LogP contribution in [0.5, 0.6) is 5.75 Å². The highest BCUT2D eigenvalue weighted by molar-refractivity contribution is 7.47. The second-order valence-corrected chi connectivity index (χ2v) is 12.2. The molecule has 6 atom stereocenters. The van der Waals surface area contributed by atoms with Crippen molar-refractivity contribution in [3.05, 3.63) is 29.3 Å². The van der Waals surface area contributed by atoms with E-state index < -0.39 is 7.82 Å². The maximum atomic E-state index is 12.6. The zero-order valence-electron chi connectivity index (χ0n) is 18.7. The fourth-order valence-corrected chi connectivity index (χ4v) is 7.36. The smallest absolute Gasteiger partial charge is 0.472 e. The number of benzene rings is 1. The average molecular weight is 439 g/mol. The van der Waals surface area contributed by atoms with Crippen molar-refractivity contribution < 1.29 is 28.1 Å². The number of aromatic hydroxyl groups is 1. The normalized spacial score (nSPS) is 35.2. The lowest BCUT2D eigenvalue weighted by molar-refractivity contribution is -0.870. The SMILES string of the molecule is C[C@]12CC[C@@H]3c4ccc(O)cc4CC[C@H]3[C@@H]1CC[C@@H]2OP(=O)(O)OCC[N+](C)(C)C. The zero-order valence-corrected chi connectivity index (χ0v) is 19.6. The molecule has 3 aliphatic carbocycles. The van der Waals surface area contributed by atoms with Crippen molar-refractivity contribution in [2.75, 3.05) is 34.3 Å². The summed E-state index contributed by atoms with van der Waals surface area (Å²) in [5, 5.41) is 9.84. The molecule has 0 amide bonds. The van der Waals surface area contributed by atoms with E-state index in [1.54, 1.807) is 0 Å². The van der Waals surface area contributed by atoms with E-state index in [2.05, 4.69) is 13.0 Å². The van der Waals surface area contributed by atoms with Gasteiger partial charge in [0.1, 0.15) is 18.9 Å². The molecule has 1 unspecified atom stereocenters. The van der Waals surface area contributed by atoms with Crippen LogP contribution in [0.3, 0.4) is 0 Å². The molecule has 2 fully saturated rings. The van der Waals surface area contributed by atoms with Gasteiger partial charge in [-0.3, -0.25) is 9.05 Å². The van der Waals surface area contributed by atoms with Crippen LogP contribution in [-0.2, 0) is 20.0 Å². The van der Waals surface area contributed by atoms with Gasteiger partial charge in [0.15, 0.2) is 0 Å². The van der Waals surface area contributed by atoms with Gasteiger partial charge in [0.2, 0.25) is 0 Å². The van der Waals surface area contributed by atoms with E-state index in [1.165, 1.54) is 11.1 Å². The molecule has 1 aromatic carbocycles. The molecule has 0 aromatic heterocycles. The molecule has 3 aliphatic rings. The van der Waals surface area contributed by atoms with E-state index in [9.17, 15) is 14.6 Å². The minimum atomic E-state index is -4.07. The standard InChI is InChI=1S/C23H36NO5P/c1-23-12-11-19-18-8-6-17(25)15-16(18)5-7-20(19)21(23)9-10-22(23)29-30(26,27)28-14-13-24(2,3)4/h6,8,15,19-22H,5,7,9-14H2,1-4H3,(H-,25,26,27)/p+1/t19-,20-,21+,22+,23+/m1/s1. The summed E-state index contributed by atoms with van der Waals surface area (Å²) in [6, 6.07) is 5.84. The first-order valence-corrected chi connectivity index (χ1v) is 12.8. The topological polar surface area (TPSA) is 76.0 Å². The molecule has 168 valence electrons. The van der Waals surface area contributed by atoms with Gasteiger partial charge in [-0.2, -0.15) is 0 Å². The fraction of sp³-hybridized carbons (Fsp3) is 0.739. The van der Waals surface area contributed by atoms with Crippen LogP contribution >= 0.6 is 7.82 Å². The molecule has 0 bridgehead atoms. The van der Waals surface area contributed by atoms with Crippen molar-refractivity contribution in [3.63, 3.8) is 0 Å². The predicted molar refractivity (Wildman–Crippen MR) is 116 cm³/mol. The Labute approximate surface area is 180 Å².